The highest BCUT2D eigenvalue weighted by atomic mass is 16.2. The lowest BCUT2D eigenvalue weighted by Crippen LogP contribution is -2.32. The van der Waals surface area contributed by atoms with E-state index in [4.69, 9.17) is 0 Å². The van der Waals surface area contributed by atoms with Crippen molar-refractivity contribution in [3.63, 3.8) is 0 Å². The van der Waals surface area contributed by atoms with E-state index in [1.165, 1.54) is 154 Å². The van der Waals surface area contributed by atoms with Gasteiger partial charge in [0.05, 0.1) is 0 Å². The van der Waals surface area contributed by atoms with E-state index < -0.39 is 0 Å². The van der Waals surface area contributed by atoms with Crippen LogP contribution in [-0.2, 0) is 4.79 Å². The van der Waals surface area contributed by atoms with Crippen LogP contribution in [-0.4, -0.2) is 23.9 Å². The third-order valence-electron chi connectivity index (χ3n) is 7.45. The van der Waals surface area contributed by atoms with Crippen molar-refractivity contribution in [1.29, 1.82) is 0 Å². The zero-order valence-corrected chi connectivity index (χ0v) is 22.2. The first-order chi connectivity index (χ1) is 15.8. The second-order valence-corrected chi connectivity index (χ2v) is 10.6. The van der Waals surface area contributed by atoms with Crippen LogP contribution >= 0.6 is 0 Å². The fourth-order valence-electron chi connectivity index (χ4n) is 5.19. The molecule has 1 saturated heterocycles. The molecule has 0 aromatic rings. The minimum atomic E-state index is 0.435. The van der Waals surface area contributed by atoms with Gasteiger partial charge in [-0.3, -0.25) is 4.79 Å². The SMILES string of the molecule is CCCCCCCCCCCCCCCCCCN1CCCCCCCCCCCC1=O. The van der Waals surface area contributed by atoms with Gasteiger partial charge in [-0.25, -0.2) is 0 Å². The van der Waals surface area contributed by atoms with Gasteiger partial charge >= 0.3 is 0 Å². The lowest BCUT2D eigenvalue weighted by Gasteiger charge is -2.23. The third-order valence-corrected chi connectivity index (χ3v) is 7.45. The Hall–Kier alpha value is -0.530. The van der Waals surface area contributed by atoms with Crippen molar-refractivity contribution in [1.82, 2.24) is 4.90 Å². The third kappa shape index (κ3) is 19.0. The van der Waals surface area contributed by atoms with Crippen molar-refractivity contribution in [2.75, 3.05) is 13.1 Å². The smallest absolute Gasteiger partial charge is 0.222 e. The summed E-state index contributed by atoms with van der Waals surface area (Å²) in [6.07, 6.45) is 35.1. The summed E-state index contributed by atoms with van der Waals surface area (Å²) in [6.45, 7) is 4.32. The van der Waals surface area contributed by atoms with E-state index in [1.807, 2.05) is 0 Å². The van der Waals surface area contributed by atoms with Crippen molar-refractivity contribution in [3.05, 3.63) is 0 Å². The molecule has 0 unspecified atom stereocenters. The predicted molar refractivity (Wildman–Crippen MR) is 142 cm³/mol. The number of nitrogens with zero attached hydrogens (tertiary/aromatic N) is 1. The minimum Gasteiger partial charge on any atom is -0.343 e. The lowest BCUT2D eigenvalue weighted by atomic mass is 10.0. The van der Waals surface area contributed by atoms with Crippen LogP contribution in [0.25, 0.3) is 0 Å². The lowest BCUT2D eigenvalue weighted by molar-refractivity contribution is -0.131. The molecule has 190 valence electrons. The van der Waals surface area contributed by atoms with Crippen molar-refractivity contribution >= 4 is 5.91 Å². The van der Waals surface area contributed by atoms with Gasteiger partial charge < -0.3 is 4.90 Å². The fraction of sp³-hybridized carbons (Fsp3) is 0.967. The Balaban J connectivity index is 1.94. The van der Waals surface area contributed by atoms with E-state index in [0.29, 0.717) is 5.91 Å². The monoisotopic (exact) mass is 449 g/mol. The number of rotatable bonds is 17. The number of carbonyl (C=O) groups excluding carboxylic acids is 1. The quantitative estimate of drug-likeness (QED) is 0.202. The van der Waals surface area contributed by atoms with Crippen LogP contribution in [0.15, 0.2) is 0 Å². The van der Waals surface area contributed by atoms with Gasteiger partial charge in [0.1, 0.15) is 0 Å². The number of hydrogen-bond acceptors (Lipinski definition) is 1. The molecule has 2 heteroatoms. The summed E-state index contributed by atoms with van der Waals surface area (Å²) < 4.78 is 0. The molecule has 0 radical (unpaired) electrons. The molecule has 1 heterocycles. The molecule has 1 amide bonds. The second kappa shape index (κ2) is 23.6. The zero-order valence-electron chi connectivity index (χ0n) is 22.2. The molecule has 0 aromatic carbocycles. The zero-order chi connectivity index (χ0) is 23.0. The Morgan fingerprint density at radius 3 is 1.34 bits per heavy atom. The molecule has 0 aliphatic carbocycles. The maximum Gasteiger partial charge on any atom is 0.222 e. The highest BCUT2D eigenvalue weighted by Crippen LogP contribution is 2.16. The van der Waals surface area contributed by atoms with E-state index >= 15 is 0 Å². The molecule has 0 spiro atoms. The second-order valence-electron chi connectivity index (χ2n) is 10.6. The van der Waals surface area contributed by atoms with Crippen molar-refractivity contribution < 1.29 is 4.79 Å². The van der Waals surface area contributed by atoms with Gasteiger partial charge in [0.2, 0.25) is 5.91 Å². The molecule has 1 rings (SSSR count). The first-order valence-electron chi connectivity index (χ1n) is 15.1. The van der Waals surface area contributed by atoms with Crippen LogP contribution in [0.4, 0.5) is 0 Å². The van der Waals surface area contributed by atoms with E-state index in [2.05, 4.69) is 11.8 Å². The highest BCUT2D eigenvalue weighted by Gasteiger charge is 2.13. The molecular weight excluding hydrogens is 390 g/mol. The van der Waals surface area contributed by atoms with Crippen LogP contribution in [0.3, 0.4) is 0 Å². The Labute approximate surface area is 202 Å². The molecule has 1 aliphatic rings. The van der Waals surface area contributed by atoms with Crippen molar-refractivity contribution in [2.24, 2.45) is 0 Å². The summed E-state index contributed by atoms with van der Waals surface area (Å²) in [4.78, 5) is 14.8. The summed E-state index contributed by atoms with van der Waals surface area (Å²) in [6, 6.07) is 0. The summed E-state index contributed by atoms with van der Waals surface area (Å²) in [5, 5.41) is 0. The van der Waals surface area contributed by atoms with E-state index in [1.54, 1.807) is 0 Å². The van der Waals surface area contributed by atoms with Crippen molar-refractivity contribution in [2.45, 2.75) is 174 Å². The van der Waals surface area contributed by atoms with Crippen molar-refractivity contribution in [3.8, 4) is 0 Å². The Bertz CT molecular complexity index is 394. The van der Waals surface area contributed by atoms with Crippen LogP contribution in [0.5, 0.6) is 0 Å². The average molecular weight is 450 g/mol. The maximum absolute atomic E-state index is 12.6. The molecule has 32 heavy (non-hydrogen) atoms. The molecule has 1 fully saturated rings. The average Bonchev–Trinajstić information content (AvgIpc) is 2.82. The number of hydrogen-bond donors (Lipinski definition) is 0. The Kier molecular flexibility index (Phi) is 21.8. The predicted octanol–water partition coefficient (Wildman–Crippen LogP) is 9.99. The molecule has 0 aromatic heterocycles. The topological polar surface area (TPSA) is 20.3 Å². The maximum atomic E-state index is 12.6. The molecule has 0 saturated carbocycles. The summed E-state index contributed by atoms with van der Waals surface area (Å²) in [5.74, 6) is 0.435. The summed E-state index contributed by atoms with van der Waals surface area (Å²) in [7, 11) is 0. The van der Waals surface area contributed by atoms with E-state index in [0.717, 1.165) is 25.9 Å². The van der Waals surface area contributed by atoms with Crippen LogP contribution in [0, 0.1) is 0 Å². The Morgan fingerprint density at radius 1 is 0.500 bits per heavy atom. The highest BCUT2D eigenvalue weighted by molar-refractivity contribution is 5.76. The first-order valence-corrected chi connectivity index (χ1v) is 15.1. The van der Waals surface area contributed by atoms with Gasteiger partial charge in [0.25, 0.3) is 0 Å². The standard InChI is InChI=1S/C30H59NO/c1-2-3-4-5-6-7-8-9-10-11-12-13-16-19-22-25-28-31-29-26-23-20-17-14-15-18-21-24-27-30(31)32/h2-29H2,1H3. The summed E-state index contributed by atoms with van der Waals surface area (Å²) >= 11 is 0. The largest absolute Gasteiger partial charge is 0.343 e. The number of carbonyl (C=O) groups is 1. The molecule has 2 nitrogen and oxygen atoms in total. The molecule has 0 bridgehead atoms. The molecular formula is C30H59NO. The molecule has 0 atom stereocenters. The van der Waals surface area contributed by atoms with Crippen LogP contribution in [0.1, 0.15) is 174 Å². The minimum absolute atomic E-state index is 0.435. The van der Waals surface area contributed by atoms with Gasteiger partial charge in [-0.1, -0.05) is 148 Å². The summed E-state index contributed by atoms with van der Waals surface area (Å²) in [5.41, 5.74) is 0. The number of amides is 1. The van der Waals surface area contributed by atoms with E-state index in [-0.39, 0.29) is 0 Å². The molecule has 1 aliphatic heterocycles. The van der Waals surface area contributed by atoms with Gasteiger partial charge in [-0.15, -0.1) is 0 Å². The van der Waals surface area contributed by atoms with Crippen LogP contribution in [0.2, 0.25) is 0 Å². The van der Waals surface area contributed by atoms with Gasteiger partial charge in [-0.2, -0.15) is 0 Å². The van der Waals surface area contributed by atoms with Crippen LogP contribution < -0.4 is 0 Å². The van der Waals surface area contributed by atoms with Gasteiger partial charge in [0, 0.05) is 19.5 Å². The number of unbranched alkanes of at least 4 members (excludes halogenated alkanes) is 15. The Morgan fingerprint density at radius 2 is 0.875 bits per heavy atom. The van der Waals surface area contributed by atoms with Gasteiger partial charge in [0.15, 0.2) is 0 Å². The molecule has 0 N–H and O–H groups in total. The normalized spacial score (nSPS) is 17.0. The first kappa shape index (κ1) is 29.5. The van der Waals surface area contributed by atoms with Gasteiger partial charge in [-0.05, 0) is 19.3 Å². The fourth-order valence-corrected chi connectivity index (χ4v) is 5.19. The van der Waals surface area contributed by atoms with E-state index in [9.17, 15) is 4.79 Å².